The number of anilines is 2. The van der Waals surface area contributed by atoms with E-state index in [2.05, 4.69) is 29.4 Å². The van der Waals surface area contributed by atoms with Crippen LogP contribution < -0.4 is 10.1 Å². The van der Waals surface area contributed by atoms with Crippen molar-refractivity contribution in [2.75, 3.05) is 26.0 Å². The Morgan fingerprint density at radius 2 is 2.07 bits per heavy atom. The number of hydrogen-bond acceptors (Lipinski definition) is 8. The molecule has 1 saturated carbocycles. The number of hydrogen-bond donors (Lipinski definition) is 1. The Bertz CT molecular complexity index is 1040. The van der Waals surface area contributed by atoms with Gasteiger partial charge in [0.25, 0.3) is 0 Å². The summed E-state index contributed by atoms with van der Waals surface area (Å²) in [6.07, 6.45) is 9.17. The maximum Gasteiger partial charge on any atom is 0.232 e. The summed E-state index contributed by atoms with van der Waals surface area (Å²) in [5, 5.41) is 8.57. The summed E-state index contributed by atoms with van der Waals surface area (Å²) in [6, 6.07) is 0.643. The third kappa shape index (κ3) is 3.89. The van der Waals surface area contributed by atoms with E-state index in [1.54, 1.807) is 22.2 Å². The second-order valence-electron chi connectivity index (χ2n) is 8.38. The first kappa shape index (κ1) is 19.7. The van der Waals surface area contributed by atoms with Crippen LogP contribution in [0.25, 0.3) is 10.2 Å². The molecule has 0 saturated heterocycles. The lowest BCUT2D eigenvalue weighted by Crippen LogP contribution is -2.35. The van der Waals surface area contributed by atoms with E-state index in [0.29, 0.717) is 24.5 Å². The fourth-order valence-electron chi connectivity index (χ4n) is 4.38. The Kier molecular flexibility index (Phi) is 5.34. The van der Waals surface area contributed by atoms with Gasteiger partial charge < -0.3 is 19.7 Å². The number of aromatic nitrogens is 4. The van der Waals surface area contributed by atoms with Gasteiger partial charge in [-0.15, -0.1) is 11.3 Å². The van der Waals surface area contributed by atoms with Gasteiger partial charge in [-0.1, -0.05) is 0 Å². The molecular weight excluding hydrogens is 400 g/mol. The molecule has 3 aromatic heterocycles. The molecule has 0 spiro atoms. The molecule has 0 radical (unpaired) electrons. The quantitative estimate of drug-likeness (QED) is 0.666. The van der Waals surface area contributed by atoms with Crippen molar-refractivity contribution in [1.29, 1.82) is 0 Å². The van der Waals surface area contributed by atoms with Gasteiger partial charge in [0, 0.05) is 24.2 Å². The minimum Gasteiger partial charge on any atom is -0.474 e. The van der Waals surface area contributed by atoms with E-state index in [9.17, 15) is 0 Å². The molecule has 4 heterocycles. The summed E-state index contributed by atoms with van der Waals surface area (Å²) < 4.78 is 14.0. The molecule has 5 rings (SSSR count). The number of nitrogens with one attached hydrogen (secondary N) is 1. The number of rotatable bonds is 5. The molecule has 0 atom stereocenters. The lowest BCUT2D eigenvalue weighted by Gasteiger charge is -2.32. The standard InChI is InChI=1S/C21H28N6O2S/c1-26(2)14-4-6-15(7-5-14)29-19-18-16-8-9-28-12-17(16)30-20(18)25-21(24-19)23-13-10-22-27(3)11-13/h10-11,14-15H,4-9,12H2,1-3H3,(H,23,24,25). The van der Waals surface area contributed by atoms with Crippen molar-refractivity contribution < 1.29 is 9.47 Å². The average molecular weight is 429 g/mol. The SMILES string of the molecule is CN(C)C1CCC(Oc2nc(Nc3cnn(C)c3)nc3sc4c(c23)CCOC4)CC1. The predicted octanol–water partition coefficient (Wildman–Crippen LogP) is 3.49. The molecular formula is C21H28N6O2S. The van der Waals surface area contributed by atoms with E-state index in [4.69, 9.17) is 19.4 Å². The van der Waals surface area contributed by atoms with Crippen LogP contribution in [0.2, 0.25) is 0 Å². The second kappa shape index (κ2) is 8.13. The van der Waals surface area contributed by atoms with Gasteiger partial charge in [-0.25, -0.2) is 4.98 Å². The van der Waals surface area contributed by atoms with E-state index in [-0.39, 0.29) is 6.10 Å². The summed E-state index contributed by atoms with van der Waals surface area (Å²) in [7, 11) is 6.22. The Balaban J connectivity index is 1.47. The van der Waals surface area contributed by atoms with Crippen LogP contribution in [0.5, 0.6) is 5.88 Å². The molecule has 30 heavy (non-hydrogen) atoms. The van der Waals surface area contributed by atoms with Crippen LogP contribution in [0.4, 0.5) is 11.6 Å². The van der Waals surface area contributed by atoms with Crippen LogP contribution >= 0.6 is 11.3 Å². The number of ether oxygens (including phenoxy) is 2. The van der Waals surface area contributed by atoms with Gasteiger partial charge >= 0.3 is 0 Å². The minimum absolute atomic E-state index is 0.195. The topological polar surface area (TPSA) is 77.3 Å². The molecule has 1 aliphatic heterocycles. The molecule has 1 aliphatic carbocycles. The highest BCUT2D eigenvalue weighted by Gasteiger charge is 2.27. The van der Waals surface area contributed by atoms with Crippen molar-refractivity contribution in [2.45, 2.75) is 50.9 Å². The lowest BCUT2D eigenvalue weighted by molar-refractivity contribution is 0.108. The van der Waals surface area contributed by atoms with Crippen molar-refractivity contribution >= 4 is 33.2 Å². The van der Waals surface area contributed by atoms with Crippen LogP contribution in [0, 0.1) is 0 Å². The molecule has 9 heteroatoms. The molecule has 1 N–H and O–H groups in total. The number of aryl methyl sites for hydroxylation is 1. The first-order valence-electron chi connectivity index (χ1n) is 10.6. The fraction of sp³-hybridized carbons (Fsp3) is 0.571. The molecule has 1 fully saturated rings. The van der Waals surface area contributed by atoms with E-state index in [0.717, 1.165) is 54.6 Å². The van der Waals surface area contributed by atoms with Gasteiger partial charge in [-0.05, 0) is 51.8 Å². The Morgan fingerprint density at radius 1 is 1.23 bits per heavy atom. The number of nitrogens with zero attached hydrogens (tertiary/aromatic N) is 5. The van der Waals surface area contributed by atoms with Gasteiger partial charge in [0.1, 0.15) is 10.9 Å². The molecule has 0 unspecified atom stereocenters. The smallest absolute Gasteiger partial charge is 0.232 e. The van der Waals surface area contributed by atoms with Crippen LogP contribution in [0.1, 0.15) is 36.1 Å². The third-order valence-electron chi connectivity index (χ3n) is 6.04. The Morgan fingerprint density at radius 3 is 2.80 bits per heavy atom. The minimum atomic E-state index is 0.195. The normalized spacial score (nSPS) is 21.7. The largest absolute Gasteiger partial charge is 0.474 e. The van der Waals surface area contributed by atoms with Gasteiger partial charge in [0.05, 0.1) is 30.5 Å². The molecule has 0 amide bonds. The van der Waals surface area contributed by atoms with Crippen LogP contribution in [0.15, 0.2) is 12.4 Å². The van der Waals surface area contributed by atoms with Crippen molar-refractivity contribution in [3.05, 3.63) is 22.8 Å². The molecule has 0 aromatic carbocycles. The summed E-state index contributed by atoms with van der Waals surface area (Å²) >= 11 is 1.69. The highest BCUT2D eigenvalue weighted by atomic mass is 32.1. The van der Waals surface area contributed by atoms with Crippen molar-refractivity contribution in [2.24, 2.45) is 7.05 Å². The molecule has 3 aromatic rings. The first-order valence-corrected chi connectivity index (χ1v) is 11.4. The van der Waals surface area contributed by atoms with Gasteiger partial charge in [0.2, 0.25) is 11.8 Å². The fourth-order valence-corrected chi connectivity index (χ4v) is 5.53. The maximum atomic E-state index is 6.54. The summed E-state index contributed by atoms with van der Waals surface area (Å²) in [5.74, 6) is 1.26. The van der Waals surface area contributed by atoms with Gasteiger partial charge in [-0.2, -0.15) is 10.1 Å². The highest BCUT2D eigenvalue weighted by molar-refractivity contribution is 7.18. The number of fused-ring (bicyclic) bond motifs is 3. The Labute approximate surface area is 180 Å². The maximum absolute atomic E-state index is 6.54. The third-order valence-corrected chi connectivity index (χ3v) is 7.14. The molecule has 160 valence electrons. The van der Waals surface area contributed by atoms with E-state index >= 15 is 0 Å². The van der Waals surface area contributed by atoms with Crippen LogP contribution in [-0.4, -0.2) is 57.5 Å². The molecule has 0 bridgehead atoms. The zero-order valence-electron chi connectivity index (χ0n) is 17.7. The molecule has 8 nitrogen and oxygen atoms in total. The van der Waals surface area contributed by atoms with E-state index < -0.39 is 0 Å². The van der Waals surface area contributed by atoms with Gasteiger partial charge in [0.15, 0.2) is 0 Å². The van der Waals surface area contributed by atoms with Crippen LogP contribution in [0.3, 0.4) is 0 Å². The predicted molar refractivity (Wildman–Crippen MR) is 118 cm³/mol. The first-order chi connectivity index (χ1) is 14.6. The van der Waals surface area contributed by atoms with Gasteiger partial charge in [-0.3, -0.25) is 4.68 Å². The monoisotopic (exact) mass is 428 g/mol. The van der Waals surface area contributed by atoms with Crippen molar-refractivity contribution in [3.63, 3.8) is 0 Å². The highest BCUT2D eigenvalue weighted by Crippen LogP contribution is 2.40. The Hall–Kier alpha value is -2.23. The number of thiophene rings is 1. The van der Waals surface area contributed by atoms with E-state index in [1.807, 2.05) is 13.2 Å². The summed E-state index contributed by atoms with van der Waals surface area (Å²) in [5.41, 5.74) is 2.16. The zero-order valence-corrected chi connectivity index (χ0v) is 18.5. The average Bonchev–Trinajstić information content (AvgIpc) is 3.31. The van der Waals surface area contributed by atoms with E-state index in [1.165, 1.54) is 10.4 Å². The summed E-state index contributed by atoms with van der Waals surface area (Å²) in [4.78, 5) is 14.1. The van der Waals surface area contributed by atoms with Crippen LogP contribution in [-0.2, 0) is 24.8 Å². The zero-order chi connectivity index (χ0) is 20.7. The molecule has 2 aliphatic rings. The lowest BCUT2D eigenvalue weighted by atomic mass is 9.92. The van der Waals surface area contributed by atoms with Crippen molar-refractivity contribution in [3.8, 4) is 5.88 Å². The van der Waals surface area contributed by atoms with Crippen molar-refractivity contribution in [1.82, 2.24) is 24.6 Å². The second-order valence-corrected chi connectivity index (χ2v) is 9.46. The summed E-state index contributed by atoms with van der Waals surface area (Å²) in [6.45, 7) is 1.39.